The lowest BCUT2D eigenvalue weighted by Gasteiger charge is -2.31. The molecule has 0 spiro atoms. The van der Waals surface area contributed by atoms with Gasteiger partial charge in [-0.2, -0.15) is 11.8 Å². The van der Waals surface area contributed by atoms with E-state index in [1.54, 1.807) is 0 Å². The van der Waals surface area contributed by atoms with E-state index in [-0.39, 0.29) is 11.8 Å². The van der Waals surface area contributed by atoms with Crippen molar-refractivity contribution in [1.82, 2.24) is 5.32 Å². The summed E-state index contributed by atoms with van der Waals surface area (Å²) in [6, 6.07) is 0.400. The molecule has 3 atom stereocenters. The van der Waals surface area contributed by atoms with E-state index in [1.165, 1.54) is 18.6 Å². The molecule has 0 aromatic heterocycles. The van der Waals surface area contributed by atoms with Gasteiger partial charge in [0.05, 0.1) is 12.5 Å². The first-order valence-electron chi connectivity index (χ1n) is 7.29. The lowest BCUT2D eigenvalue weighted by Crippen LogP contribution is -2.44. The predicted molar refractivity (Wildman–Crippen MR) is 75.9 cm³/mol. The minimum atomic E-state index is 0.0953. The second-order valence-electron chi connectivity index (χ2n) is 5.36. The van der Waals surface area contributed by atoms with Crippen molar-refractivity contribution in [2.75, 3.05) is 19.0 Å². The number of thioether (sulfide) groups is 1. The van der Waals surface area contributed by atoms with Gasteiger partial charge in [0.1, 0.15) is 0 Å². The topological polar surface area (TPSA) is 38.3 Å². The predicted octanol–water partition coefficient (Wildman–Crippen LogP) is 2.59. The number of carbonyl (C=O) groups excluding carboxylic acids is 1. The van der Waals surface area contributed by atoms with E-state index in [2.05, 4.69) is 12.2 Å². The maximum atomic E-state index is 12.1. The molecule has 2 rings (SSSR count). The van der Waals surface area contributed by atoms with Gasteiger partial charge in [0.2, 0.25) is 5.91 Å². The highest BCUT2D eigenvalue weighted by Crippen LogP contribution is 2.28. The van der Waals surface area contributed by atoms with Gasteiger partial charge in [-0.25, -0.2) is 0 Å². The van der Waals surface area contributed by atoms with Crippen LogP contribution in [0.5, 0.6) is 0 Å². The fraction of sp³-hybridized carbons (Fsp3) is 0.929. The van der Waals surface area contributed by atoms with E-state index in [4.69, 9.17) is 4.74 Å². The molecule has 1 amide bonds. The number of rotatable bonds is 4. The van der Waals surface area contributed by atoms with E-state index >= 15 is 0 Å². The van der Waals surface area contributed by atoms with Crippen LogP contribution in [0.2, 0.25) is 0 Å². The lowest BCUT2D eigenvalue weighted by molar-refractivity contribution is -0.129. The van der Waals surface area contributed by atoms with Crippen LogP contribution in [0.25, 0.3) is 0 Å². The zero-order valence-electron chi connectivity index (χ0n) is 11.3. The van der Waals surface area contributed by atoms with Crippen LogP contribution in [-0.2, 0) is 9.53 Å². The van der Waals surface area contributed by atoms with Crippen molar-refractivity contribution in [2.45, 2.75) is 56.7 Å². The maximum absolute atomic E-state index is 12.1. The summed E-state index contributed by atoms with van der Waals surface area (Å²) in [6.07, 6.45) is 6.89. The van der Waals surface area contributed by atoms with Gasteiger partial charge >= 0.3 is 0 Å². The van der Waals surface area contributed by atoms with Crippen LogP contribution in [0.3, 0.4) is 0 Å². The molecule has 0 aromatic carbocycles. The van der Waals surface area contributed by atoms with Crippen molar-refractivity contribution in [3.05, 3.63) is 0 Å². The normalized spacial score (nSPS) is 33.1. The molecule has 1 saturated heterocycles. The average Bonchev–Trinajstić information content (AvgIpc) is 2.40. The number of nitrogens with one attached hydrogen (secondary N) is 1. The summed E-state index contributed by atoms with van der Waals surface area (Å²) in [6.45, 7) is 3.65. The highest BCUT2D eigenvalue weighted by atomic mass is 32.2. The van der Waals surface area contributed by atoms with Crippen LogP contribution in [0.15, 0.2) is 0 Å². The molecule has 1 saturated carbocycles. The van der Waals surface area contributed by atoms with Crippen LogP contribution in [0.1, 0.15) is 45.4 Å². The molecule has 104 valence electrons. The van der Waals surface area contributed by atoms with Crippen LogP contribution in [0, 0.1) is 5.92 Å². The Hall–Kier alpha value is -0.220. The summed E-state index contributed by atoms with van der Waals surface area (Å²) in [4.78, 5) is 12.1. The number of hydrogen-bond acceptors (Lipinski definition) is 3. The van der Waals surface area contributed by atoms with E-state index < -0.39 is 0 Å². The van der Waals surface area contributed by atoms with Gasteiger partial charge in [-0.15, -0.1) is 0 Å². The summed E-state index contributed by atoms with van der Waals surface area (Å²) in [5, 5.41) is 3.99. The Balaban J connectivity index is 1.75. The third kappa shape index (κ3) is 4.16. The fourth-order valence-electron chi connectivity index (χ4n) is 2.93. The highest BCUT2D eigenvalue weighted by Gasteiger charge is 2.27. The minimum Gasteiger partial charge on any atom is -0.381 e. The number of carbonyl (C=O) groups is 1. The molecule has 1 N–H and O–H groups in total. The molecular formula is C14H25NO2S. The van der Waals surface area contributed by atoms with Crippen molar-refractivity contribution in [3.8, 4) is 0 Å². The first-order chi connectivity index (χ1) is 8.79. The summed E-state index contributed by atoms with van der Waals surface area (Å²) in [5.41, 5.74) is 0. The smallest absolute Gasteiger partial charge is 0.225 e. The summed E-state index contributed by atoms with van der Waals surface area (Å²) >= 11 is 2.04. The molecule has 1 aliphatic carbocycles. The maximum Gasteiger partial charge on any atom is 0.225 e. The van der Waals surface area contributed by atoms with Crippen LogP contribution >= 0.6 is 11.8 Å². The molecule has 0 bridgehead atoms. The van der Waals surface area contributed by atoms with Gasteiger partial charge in [-0.05, 0) is 37.9 Å². The second-order valence-corrected chi connectivity index (χ2v) is 6.94. The molecule has 18 heavy (non-hydrogen) atoms. The molecular weight excluding hydrogens is 246 g/mol. The van der Waals surface area contributed by atoms with Gasteiger partial charge in [0.25, 0.3) is 0 Å². The summed E-state index contributed by atoms with van der Waals surface area (Å²) in [7, 11) is 0. The molecule has 0 unspecified atom stereocenters. The molecule has 0 aromatic rings. The van der Waals surface area contributed by atoms with Crippen LogP contribution in [-0.4, -0.2) is 36.2 Å². The monoisotopic (exact) mass is 271 g/mol. The Morgan fingerprint density at radius 3 is 2.94 bits per heavy atom. The molecule has 1 aliphatic heterocycles. The van der Waals surface area contributed by atoms with Gasteiger partial charge in [0.15, 0.2) is 0 Å². The second kappa shape index (κ2) is 7.39. The van der Waals surface area contributed by atoms with Crippen molar-refractivity contribution in [2.24, 2.45) is 5.92 Å². The van der Waals surface area contributed by atoms with Gasteiger partial charge < -0.3 is 10.1 Å². The Bertz CT molecular complexity index is 265. The number of ether oxygens (including phenoxy) is 1. The molecule has 2 fully saturated rings. The van der Waals surface area contributed by atoms with Crippen molar-refractivity contribution in [1.29, 1.82) is 0 Å². The zero-order chi connectivity index (χ0) is 12.8. The SMILES string of the molecule is CCS[C@@H]1CCC[C@H](NC(=O)[C@@H]2CCCOC2)C1. The third-order valence-corrected chi connectivity index (χ3v) is 5.14. The van der Waals surface area contributed by atoms with Gasteiger partial charge in [-0.3, -0.25) is 4.79 Å². The first-order valence-corrected chi connectivity index (χ1v) is 8.34. The molecule has 1 heterocycles. The molecule has 2 aliphatic rings. The third-order valence-electron chi connectivity index (χ3n) is 3.91. The Kier molecular flexibility index (Phi) is 5.83. The molecule has 4 heteroatoms. The van der Waals surface area contributed by atoms with Crippen LogP contribution in [0.4, 0.5) is 0 Å². The van der Waals surface area contributed by atoms with E-state index in [9.17, 15) is 4.79 Å². The van der Waals surface area contributed by atoms with E-state index in [0.29, 0.717) is 12.6 Å². The first kappa shape index (κ1) is 14.2. The number of hydrogen-bond donors (Lipinski definition) is 1. The number of amides is 1. The van der Waals surface area contributed by atoms with Crippen molar-refractivity contribution < 1.29 is 9.53 Å². The Morgan fingerprint density at radius 2 is 2.22 bits per heavy atom. The average molecular weight is 271 g/mol. The quantitative estimate of drug-likeness (QED) is 0.854. The molecule has 3 nitrogen and oxygen atoms in total. The van der Waals surface area contributed by atoms with Crippen molar-refractivity contribution >= 4 is 17.7 Å². The zero-order valence-corrected chi connectivity index (χ0v) is 12.1. The fourth-order valence-corrected chi connectivity index (χ4v) is 4.10. The lowest BCUT2D eigenvalue weighted by atomic mass is 9.93. The van der Waals surface area contributed by atoms with Gasteiger partial charge in [0, 0.05) is 17.9 Å². The van der Waals surface area contributed by atoms with Gasteiger partial charge in [-0.1, -0.05) is 13.3 Å². The van der Waals surface area contributed by atoms with Crippen LogP contribution < -0.4 is 5.32 Å². The summed E-state index contributed by atoms with van der Waals surface area (Å²) in [5.74, 6) is 1.50. The highest BCUT2D eigenvalue weighted by molar-refractivity contribution is 7.99. The summed E-state index contributed by atoms with van der Waals surface area (Å²) < 4.78 is 5.39. The van der Waals surface area contributed by atoms with E-state index in [0.717, 1.165) is 37.5 Å². The molecule has 0 radical (unpaired) electrons. The minimum absolute atomic E-state index is 0.0953. The van der Waals surface area contributed by atoms with E-state index in [1.807, 2.05) is 11.8 Å². The standard InChI is InChI=1S/C14H25NO2S/c1-2-18-13-7-3-6-12(9-13)15-14(16)11-5-4-8-17-10-11/h11-13H,2-10H2,1H3,(H,15,16)/t11-,12+,13-/m1/s1. The Labute approximate surface area is 114 Å². The largest absolute Gasteiger partial charge is 0.381 e. The Morgan fingerprint density at radius 1 is 1.33 bits per heavy atom. The van der Waals surface area contributed by atoms with Crippen molar-refractivity contribution in [3.63, 3.8) is 0 Å².